The second kappa shape index (κ2) is 5.80. The summed E-state index contributed by atoms with van der Waals surface area (Å²) in [6, 6.07) is 0. The first kappa shape index (κ1) is 13.7. The van der Waals surface area contributed by atoms with Gasteiger partial charge in [0, 0.05) is 31.6 Å². The standard InChI is InChI=1S/C11H22N2O2S/c1-4-11(5-2)10-16(14,15)13-8-6-12(3)7-9-13/h10H,4-9H2,1-3H3. The summed E-state index contributed by atoms with van der Waals surface area (Å²) in [6.07, 6.45) is 1.62. The van der Waals surface area contributed by atoms with Gasteiger partial charge in [-0.15, -0.1) is 0 Å². The summed E-state index contributed by atoms with van der Waals surface area (Å²) in [7, 11) is -1.17. The molecule has 0 aliphatic carbocycles. The van der Waals surface area contributed by atoms with Crippen molar-refractivity contribution in [2.45, 2.75) is 26.7 Å². The minimum Gasteiger partial charge on any atom is -0.304 e. The van der Waals surface area contributed by atoms with Crippen molar-refractivity contribution in [2.75, 3.05) is 33.2 Å². The van der Waals surface area contributed by atoms with Crippen LogP contribution in [-0.2, 0) is 10.0 Å². The summed E-state index contributed by atoms with van der Waals surface area (Å²) >= 11 is 0. The molecule has 0 aromatic heterocycles. The maximum Gasteiger partial charge on any atom is 0.236 e. The molecule has 0 spiro atoms. The Hall–Kier alpha value is -0.390. The van der Waals surface area contributed by atoms with E-state index in [2.05, 4.69) is 4.90 Å². The predicted molar refractivity (Wildman–Crippen MR) is 66.7 cm³/mol. The molecular formula is C11H22N2O2S. The highest BCUT2D eigenvalue weighted by molar-refractivity contribution is 7.92. The van der Waals surface area contributed by atoms with E-state index in [0.29, 0.717) is 13.1 Å². The van der Waals surface area contributed by atoms with Crippen molar-refractivity contribution in [2.24, 2.45) is 0 Å². The minimum absolute atomic E-state index is 0.607. The Kier molecular flexibility index (Phi) is 4.95. The normalized spacial score (nSPS) is 19.7. The van der Waals surface area contributed by atoms with Gasteiger partial charge in [0.25, 0.3) is 0 Å². The third-order valence-electron chi connectivity index (χ3n) is 3.05. The zero-order chi connectivity index (χ0) is 12.2. The van der Waals surface area contributed by atoms with E-state index < -0.39 is 10.0 Å². The van der Waals surface area contributed by atoms with Crippen LogP contribution in [0.1, 0.15) is 26.7 Å². The number of hydrogen-bond donors (Lipinski definition) is 0. The molecule has 0 amide bonds. The van der Waals surface area contributed by atoms with Gasteiger partial charge >= 0.3 is 0 Å². The number of piperazine rings is 1. The molecule has 1 aliphatic rings. The van der Waals surface area contributed by atoms with E-state index in [9.17, 15) is 8.42 Å². The monoisotopic (exact) mass is 246 g/mol. The first-order valence-corrected chi connectivity index (χ1v) is 7.38. The third-order valence-corrected chi connectivity index (χ3v) is 4.76. The smallest absolute Gasteiger partial charge is 0.236 e. The second-order valence-corrected chi connectivity index (χ2v) is 6.01. The van der Waals surface area contributed by atoms with Gasteiger partial charge in [-0.25, -0.2) is 8.42 Å². The van der Waals surface area contributed by atoms with Crippen LogP contribution in [0, 0.1) is 0 Å². The van der Waals surface area contributed by atoms with Crippen molar-refractivity contribution in [3.63, 3.8) is 0 Å². The van der Waals surface area contributed by atoms with E-state index in [1.54, 1.807) is 4.31 Å². The van der Waals surface area contributed by atoms with Gasteiger partial charge in [-0.3, -0.25) is 0 Å². The fourth-order valence-corrected chi connectivity index (χ4v) is 3.32. The molecule has 0 N–H and O–H groups in total. The van der Waals surface area contributed by atoms with Gasteiger partial charge in [0.15, 0.2) is 0 Å². The van der Waals surface area contributed by atoms with Crippen LogP contribution in [0.15, 0.2) is 11.0 Å². The zero-order valence-corrected chi connectivity index (χ0v) is 11.3. The molecule has 1 heterocycles. The molecule has 1 aliphatic heterocycles. The molecule has 0 aromatic rings. The van der Waals surface area contributed by atoms with Crippen molar-refractivity contribution >= 4 is 10.0 Å². The Labute approximate surface area is 99.0 Å². The second-order valence-electron chi connectivity index (χ2n) is 4.23. The molecule has 0 radical (unpaired) electrons. The average Bonchev–Trinajstić information content (AvgIpc) is 2.26. The maximum absolute atomic E-state index is 12.1. The van der Waals surface area contributed by atoms with Gasteiger partial charge in [-0.2, -0.15) is 4.31 Å². The zero-order valence-electron chi connectivity index (χ0n) is 10.4. The average molecular weight is 246 g/mol. The fourth-order valence-electron chi connectivity index (χ4n) is 1.74. The van der Waals surface area contributed by atoms with Crippen LogP contribution in [0.4, 0.5) is 0 Å². The third kappa shape index (κ3) is 3.57. The SMILES string of the molecule is CCC(=CS(=O)(=O)N1CCN(C)CC1)CC. The van der Waals surface area contributed by atoms with E-state index in [-0.39, 0.29) is 0 Å². The largest absolute Gasteiger partial charge is 0.304 e. The van der Waals surface area contributed by atoms with Crippen molar-refractivity contribution in [1.82, 2.24) is 9.21 Å². The molecule has 1 fully saturated rings. The van der Waals surface area contributed by atoms with Gasteiger partial charge in [0.05, 0.1) is 0 Å². The number of nitrogens with zero attached hydrogens (tertiary/aromatic N) is 2. The lowest BCUT2D eigenvalue weighted by Crippen LogP contribution is -2.46. The summed E-state index contributed by atoms with van der Waals surface area (Å²) in [6.45, 7) is 6.84. The van der Waals surface area contributed by atoms with Gasteiger partial charge in [0.2, 0.25) is 10.0 Å². The molecule has 16 heavy (non-hydrogen) atoms. The quantitative estimate of drug-likeness (QED) is 0.750. The van der Waals surface area contributed by atoms with Gasteiger partial charge in [-0.1, -0.05) is 19.4 Å². The Morgan fingerprint density at radius 2 is 1.62 bits per heavy atom. The number of likely N-dealkylation sites (N-methyl/N-ethyl adjacent to an activating group) is 1. The van der Waals surface area contributed by atoms with Crippen molar-refractivity contribution in [3.8, 4) is 0 Å². The van der Waals surface area contributed by atoms with Crippen LogP contribution in [0.5, 0.6) is 0 Å². The first-order valence-electron chi connectivity index (χ1n) is 5.87. The lowest BCUT2D eigenvalue weighted by Gasteiger charge is -2.30. The highest BCUT2D eigenvalue weighted by Crippen LogP contribution is 2.13. The topological polar surface area (TPSA) is 40.6 Å². The van der Waals surface area contributed by atoms with Crippen LogP contribution in [0.2, 0.25) is 0 Å². The molecule has 4 nitrogen and oxygen atoms in total. The number of rotatable bonds is 4. The van der Waals surface area contributed by atoms with Gasteiger partial charge in [0.1, 0.15) is 0 Å². The Morgan fingerprint density at radius 3 is 2.06 bits per heavy atom. The summed E-state index contributed by atoms with van der Waals surface area (Å²) < 4.78 is 25.7. The maximum atomic E-state index is 12.1. The van der Waals surface area contributed by atoms with Gasteiger partial charge < -0.3 is 4.90 Å². The van der Waals surface area contributed by atoms with Crippen LogP contribution in [0.25, 0.3) is 0 Å². The number of hydrogen-bond acceptors (Lipinski definition) is 3. The van der Waals surface area contributed by atoms with Crippen molar-refractivity contribution in [1.29, 1.82) is 0 Å². The molecule has 1 rings (SSSR count). The first-order chi connectivity index (χ1) is 7.49. The lowest BCUT2D eigenvalue weighted by molar-refractivity contribution is 0.224. The molecule has 0 atom stereocenters. The Balaban J connectivity index is 2.74. The summed E-state index contributed by atoms with van der Waals surface area (Å²) in [5.41, 5.74) is 0.999. The molecule has 0 unspecified atom stereocenters. The summed E-state index contributed by atoms with van der Waals surface area (Å²) in [5, 5.41) is 1.46. The highest BCUT2D eigenvalue weighted by Gasteiger charge is 2.23. The highest BCUT2D eigenvalue weighted by atomic mass is 32.2. The van der Waals surface area contributed by atoms with E-state index in [1.807, 2.05) is 20.9 Å². The predicted octanol–water partition coefficient (Wildman–Crippen LogP) is 1.27. The van der Waals surface area contributed by atoms with E-state index in [4.69, 9.17) is 0 Å². The van der Waals surface area contributed by atoms with E-state index >= 15 is 0 Å². The molecule has 94 valence electrons. The number of allylic oxidation sites excluding steroid dienone is 1. The van der Waals surface area contributed by atoms with Crippen LogP contribution >= 0.6 is 0 Å². The molecule has 0 aromatic carbocycles. The molecular weight excluding hydrogens is 224 g/mol. The molecule has 1 saturated heterocycles. The van der Waals surface area contributed by atoms with Gasteiger partial charge in [-0.05, 0) is 19.9 Å². The number of sulfonamides is 1. The van der Waals surface area contributed by atoms with Crippen molar-refractivity contribution < 1.29 is 8.42 Å². The molecule has 0 saturated carbocycles. The summed E-state index contributed by atoms with van der Waals surface area (Å²) in [5.74, 6) is 0. The van der Waals surface area contributed by atoms with Crippen LogP contribution in [-0.4, -0.2) is 50.8 Å². The van der Waals surface area contributed by atoms with Crippen LogP contribution < -0.4 is 0 Å². The fraction of sp³-hybridized carbons (Fsp3) is 0.818. The minimum atomic E-state index is -3.19. The lowest BCUT2D eigenvalue weighted by atomic mass is 10.2. The van der Waals surface area contributed by atoms with Crippen molar-refractivity contribution in [3.05, 3.63) is 11.0 Å². The van der Waals surface area contributed by atoms with Crippen LogP contribution in [0.3, 0.4) is 0 Å². The van der Waals surface area contributed by atoms with E-state index in [0.717, 1.165) is 31.5 Å². The molecule has 0 bridgehead atoms. The summed E-state index contributed by atoms with van der Waals surface area (Å²) in [4.78, 5) is 2.15. The van der Waals surface area contributed by atoms with E-state index in [1.165, 1.54) is 5.41 Å². The Morgan fingerprint density at radius 1 is 1.12 bits per heavy atom. The Bertz CT molecular complexity index is 335. The molecule has 5 heteroatoms.